The quantitative estimate of drug-likeness (QED) is 0.650. The molecule has 0 spiro atoms. The molecular weight excluding hydrogens is 406 g/mol. The van der Waals surface area contributed by atoms with Gasteiger partial charge in [0.2, 0.25) is 11.8 Å². The number of hydrogen-bond donors (Lipinski definition) is 2. The van der Waals surface area contributed by atoms with Crippen molar-refractivity contribution in [1.29, 1.82) is 0 Å². The van der Waals surface area contributed by atoms with Crippen molar-refractivity contribution in [3.8, 4) is 0 Å². The highest BCUT2D eigenvalue weighted by atomic mass is 16.6. The Morgan fingerprint density at radius 1 is 1.03 bits per heavy atom. The van der Waals surface area contributed by atoms with Gasteiger partial charge >= 0.3 is 6.09 Å². The Labute approximate surface area is 193 Å². The van der Waals surface area contributed by atoms with Gasteiger partial charge in [-0.3, -0.25) is 9.59 Å². The summed E-state index contributed by atoms with van der Waals surface area (Å²) < 4.78 is 5.36. The van der Waals surface area contributed by atoms with Gasteiger partial charge in [0, 0.05) is 12.1 Å². The van der Waals surface area contributed by atoms with E-state index in [4.69, 9.17) is 4.74 Å². The first-order chi connectivity index (χ1) is 14.6. The number of nitrogens with one attached hydrogen (secondary N) is 2. The molecule has 7 nitrogen and oxygen atoms in total. The smallest absolute Gasteiger partial charge is 0.408 e. The number of likely N-dealkylation sites (N-methyl/N-ethyl adjacent to an activating group) is 1. The zero-order valence-electron chi connectivity index (χ0n) is 21.3. The number of benzene rings is 1. The molecule has 0 saturated carbocycles. The van der Waals surface area contributed by atoms with Gasteiger partial charge in [-0.15, -0.1) is 0 Å². The lowest BCUT2D eigenvalue weighted by Gasteiger charge is -2.36. The molecule has 3 amide bonds. The van der Waals surface area contributed by atoms with Gasteiger partial charge < -0.3 is 20.3 Å². The van der Waals surface area contributed by atoms with Crippen molar-refractivity contribution in [3.63, 3.8) is 0 Å². The summed E-state index contributed by atoms with van der Waals surface area (Å²) in [5, 5.41) is 5.72. The van der Waals surface area contributed by atoms with Gasteiger partial charge in [0.25, 0.3) is 0 Å². The van der Waals surface area contributed by atoms with E-state index in [0.717, 1.165) is 11.1 Å². The monoisotopic (exact) mass is 447 g/mol. The normalized spacial score (nSPS) is 13.8. The third kappa shape index (κ3) is 8.17. The molecule has 0 radical (unpaired) electrons. The summed E-state index contributed by atoms with van der Waals surface area (Å²) in [7, 11) is 0. The second-order valence-corrected chi connectivity index (χ2v) is 10.5. The molecule has 2 atom stereocenters. The van der Waals surface area contributed by atoms with Crippen LogP contribution in [0.4, 0.5) is 4.79 Å². The number of carbonyl (C=O) groups excluding carboxylic acids is 3. The molecule has 0 saturated heterocycles. The standard InChI is InChI=1S/C25H41N3O4/c1-11-28(22(30)19(16(2)3)26-23(31)32-25(8,9)10)20(21(29)27-24(5,6)7)18-15-13-12-14-17(18)4/h12-16,19-20H,11H2,1-10H3,(H,26,31)(H,27,29). The molecule has 7 heteroatoms. The Balaban J connectivity index is 3.38. The van der Waals surface area contributed by atoms with Crippen molar-refractivity contribution >= 4 is 17.9 Å². The summed E-state index contributed by atoms with van der Waals surface area (Å²) in [5.74, 6) is -0.792. The lowest BCUT2D eigenvalue weighted by molar-refractivity contribution is -0.143. The van der Waals surface area contributed by atoms with E-state index in [-0.39, 0.29) is 17.7 Å². The summed E-state index contributed by atoms with van der Waals surface area (Å²) in [5.41, 5.74) is 0.514. The van der Waals surface area contributed by atoms with Gasteiger partial charge in [0.1, 0.15) is 17.7 Å². The minimum absolute atomic E-state index is 0.202. The first-order valence-electron chi connectivity index (χ1n) is 11.2. The van der Waals surface area contributed by atoms with Crippen molar-refractivity contribution < 1.29 is 19.1 Å². The van der Waals surface area contributed by atoms with E-state index < -0.39 is 29.3 Å². The van der Waals surface area contributed by atoms with Gasteiger partial charge in [-0.1, -0.05) is 38.1 Å². The van der Waals surface area contributed by atoms with Crippen LogP contribution in [0.3, 0.4) is 0 Å². The van der Waals surface area contributed by atoms with E-state index in [1.807, 2.05) is 72.7 Å². The maximum atomic E-state index is 13.7. The Morgan fingerprint density at radius 2 is 1.59 bits per heavy atom. The number of rotatable bonds is 7. The Morgan fingerprint density at radius 3 is 2.03 bits per heavy atom. The predicted octanol–water partition coefficient (Wildman–Crippen LogP) is 4.35. The number of nitrogens with zero attached hydrogens (tertiary/aromatic N) is 1. The Bertz CT molecular complexity index is 806. The van der Waals surface area contributed by atoms with Crippen LogP contribution in [0.15, 0.2) is 24.3 Å². The van der Waals surface area contributed by atoms with Gasteiger partial charge in [-0.05, 0) is 72.4 Å². The van der Waals surface area contributed by atoms with Crippen LogP contribution in [-0.2, 0) is 14.3 Å². The van der Waals surface area contributed by atoms with Gasteiger partial charge in [0.05, 0.1) is 0 Å². The second-order valence-electron chi connectivity index (χ2n) is 10.5. The maximum absolute atomic E-state index is 13.7. The fraction of sp³-hybridized carbons (Fsp3) is 0.640. The highest BCUT2D eigenvalue weighted by Gasteiger charge is 2.38. The topological polar surface area (TPSA) is 87.7 Å². The van der Waals surface area contributed by atoms with E-state index in [1.165, 1.54) is 4.90 Å². The third-order valence-electron chi connectivity index (χ3n) is 4.77. The third-order valence-corrected chi connectivity index (χ3v) is 4.77. The molecule has 0 aliphatic rings. The zero-order chi connectivity index (χ0) is 24.9. The molecular formula is C25H41N3O4. The number of alkyl carbamates (subject to hydrolysis) is 1. The Kier molecular flexibility index (Phi) is 9.30. The van der Waals surface area contributed by atoms with E-state index >= 15 is 0 Å². The van der Waals surface area contributed by atoms with Crippen LogP contribution in [0.5, 0.6) is 0 Å². The number of aryl methyl sites for hydroxylation is 1. The Hall–Kier alpha value is -2.57. The molecule has 2 N–H and O–H groups in total. The van der Waals surface area contributed by atoms with Gasteiger partial charge in [0.15, 0.2) is 0 Å². The van der Waals surface area contributed by atoms with E-state index in [0.29, 0.717) is 6.54 Å². The lowest BCUT2D eigenvalue weighted by atomic mass is 9.95. The average Bonchev–Trinajstić information content (AvgIpc) is 2.61. The number of hydrogen-bond acceptors (Lipinski definition) is 4. The van der Waals surface area contributed by atoms with Crippen LogP contribution >= 0.6 is 0 Å². The van der Waals surface area contributed by atoms with E-state index in [2.05, 4.69) is 10.6 Å². The molecule has 2 unspecified atom stereocenters. The van der Waals surface area contributed by atoms with Crippen LogP contribution < -0.4 is 10.6 Å². The zero-order valence-corrected chi connectivity index (χ0v) is 21.3. The van der Waals surface area contributed by atoms with E-state index in [1.54, 1.807) is 20.8 Å². The van der Waals surface area contributed by atoms with Crippen LogP contribution in [0.2, 0.25) is 0 Å². The molecule has 1 aromatic rings. The highest BCUT2D eigenvalue weighted by molar-refractivity contribution is 5.92. The first kappa shape index (κ1) is 27.5. The average molecular weight is 448 g/mol. The maximum Gasteiger partial charge on any atom is 0.408 e. The van der Waals surface area contributed by atoms with Crippen molar-refractivity contribution in [1.82, 2.24) is 15.5 Å². The molecule has 0 aliphatic heterocycles. The fourth-order valence-electron chi connectivity index (χ4n) is 3.37. The van der Waals surface area contributed by atoms with Gasteiger partial charge in [-0.25, -0.2) is 4.79 Å². The van der Waals surface area contributed by atoms with Crippen LogP contribution in [0.1, 0.15) is 79.5 Å². The number of amides is 3. The van der Waals surface area contributed by atoms with Crippen LogP contribution in [-0.4, -0.2) is 46.5 Å². The lowest BCUT2D eigenvalue weighted by Crippen LogP contribution is -2.56. The summed E-state index contributed by atoms with van der Waals surface area (Å²) >= 11 is 0. The second kappa shape index (κ2) is 10.8. The molecule has 1 aromatic carbocycles. The van der Waals surface area contributed by atoms with Crippen molar-refractivity contribution in [3.05, 3.63) is 35.4 Å². The minimum Gasteiger partial charge on any atom is -0.444 e. The van der Waals surface area contributed by atoms with Crippen LogP contribution in [0, 0.1) is 12.8 Å². The largest absolute Gasteiger partial charge is 0.444 e. The van der Waals surface area contributed by atoms with Crippen LogP contribution in [0.25, 0.3) is 0 Å². The molecule has 0 heterocycles. The first-order valence-corrected chi connectivity index (χ1v) is 11.2. The number of ether oxygens (including phenoxy) is 1. The predicted molar refractivity (Wildman–Crippen MR) is 127 cm³/mol. The summed E-state index contributed by atoms with van der Waals surface area (Å²) in [6, 6.07) is 5.88. The van der Waals surface area contributed by atoms with Crippen molar-refractivity contribution in [2.45, 2.75) is 92.5 Å². The molecule has 0 bridgehead atoms. The highest BCUT2D eigenvalue weighted by Crippen LogP contribution is 2.27. The molecule has 0 aliphatic carbocycles. The minimum atomic E-state index is -0.834. The molecule has 1 rings (SSSR count). The fourth-order valence-corrected chi connectivity index (χ4v) is 3.37. The summed E-state index contributed by atoms with van der Waals surface area (Å²) in [6.45, 7) is 18.8. The summed E-state index contributed by atoms with van der Waals surface area (Å²) in [6.07, 6.45) is -0.660. The van der Waals surface area contributed by atoms with Crippen molar-refractivity contribution in [2.24, 2.45) is 5.92 Å². The van der Waals surface area contributed by atoms with E-state index in [9.17, 15) is 14.4 Å². The molecule has 0 fully saturated rings. The van der Waals surface area contributed by atoms with Crippen molar-refractivity contribution in [2.75, 3.05) is 6.54 Å². The SMILES string of the molecule is CCN(C(=O)C(NC(=O)OC(C)(C)C)C(C)C)C(C(=O)NC(C)(C)C)c1ccccc1C. The molecule has 32 heavy (non-hydrogen) atoms. The molecule has 0 aromatic heterocycles. The van der Waals surface area contributed by atoms with Gasteiger partial charge in [-0.2, -0.15) is 0 Å². The number of carbonyl (C=O) groups is 3. The summed E-state index contributed by atoms with van der Waals surface area (Å²) in [4.78, 5) is 41.0. The molecule has 180 valence electrons.